The summed E-state index contributed by atoms with van der Waals surface area (Å²) in [6, 6.07) is 9.27. The maximum absolute atomic E-state index is 12.0. The Balaban J connectivity index is 1.75. The molecule has 0 saturated carbocycles. The average molecular weight is 385 g/mol. The van der Waals surface area contributed by atoms with E-state index in [1.54, 1.807) is 0 Å². The molecule has 10 nitrogen and oxygen atoms in total. The van der Waals surface area contributed by atoms with Gasteiger partial charge in [0.2, 0.25) is 5.88 Å². The SMILES string of the molecule is COCCCn1c(O)c(C=NCc2noc(-c3ccccc3)n2)c(=O)[nH]c1=O. The van der Waals surface area contributed by atoms with Crippen molar-refractivity contribution in [1.82, 2.24) is 19.7 Å². The fourth-order valence-corrected chi connectivity index (χ4v) is 2.50. The lowest BCUT2D eigenvalue weighted by Gasteiger charge is -2.08. The maximum Gasteiger partial charge on any atom is 0.331 e. The van der Waals surface area contributed by atoms with Gasteiger partial charge in [0.15, 0.2) is 5.82 Å². The number of hydrogen-bond acceptors (Lipinski definition) is 8. The van der Waals surface area contributed by atoms with E-state index in [-0.39, 0.29) is 18.7 Å². The second kappa shape index (κ2) is 8.91. The number of H-pyrrole nitrogens is 1. The summed E-state index contributed by atoms with van der Waals surface area (Å²) in [6.07, 6.45) is 1.68. The fraction of sp³-hybridized carbons (Fsp3) is 0.278. The van der Waals surface area contributed by atoms with Gasteiger partial charge in [-0.25, -0.2) is 4.79 Å². The number of methoxy groups -OCH3 is 1. The standard InChI is InChI=1S/C18H19N5O5/c1-27-9-5-8-23-17(25)13(15(24)21-18(23)26)10-19-11-14-20-16(28-22-14)12-6-3-2-4-7-12/h2-4,6-7,10,25H,5,8-9,11H2,1H3,(H,21,24,26). The normalized spacial score (nSPS) is 11.3. The Morgan fingerprint density at radius 3 is 2.86 bits per heavy atom. The molecule has 3 rings (SSSR count). The second-order valence-corrected chi connectivity index (χ2v) is 5.85. The van der Waals surface area contributed by atoms with Crippen LogP contribution in [-0.4, -0.2) is 44.7 Å². The molecule has 28 heavy (non-hydrogen) atoms. The number of rotatable bonds is 8. The molecular formula is C18H19N5O5. The molecular weight excluding hydrogens is 366 g/mol. The van der Waals surface area contributed by atoms with E-state index in [1.165, 1.54) is 13.3 Å². The van der Waals surface area contributed by atoms with Crippen molar-refractivity contribution in [1.29, 1.82) is 0 Å². The van der Waals surface area contributed by atoms with Crippen LogP contribution in [0, 0.1) is 0 Å². The summed E-state index contributed by atoms with van der Waals surface area (Å²) in [5, 5.41) is 14.1. The summed E-state index contributed by atoms with van der Waals surface area (Å²) in [5.41, 5.74) is -0.764. The molecule has 0 bridgehead atoms. The molecule has 0 atom stereocenters. The topological polar surface area (TPSA) is 136 Å². The van der Waals surface area contributed by atoms with E-state index < -0.39 is 17.1 Å². The maximum atomic E-state index is 12.0. The summed E-state index contributed by atoms with van der Waals surface area (Å²) < 4.78 is 11.2. The molecule has 0 radical (unpaired) electrons. The van der Waals surface area contributed by atoms with Crippen molar-refractivity contribution in [2.24, 2.45) is 4.99 Å². The number of nitrogens with zero attached hydrogens (tertiary/aromatic N) is 4. The number of benzene rings is 1. The lowest BCUT2D eigenvalue weighted by atomic mass is 10.2. The zero-order chi connectivity index (χ0) is 19.9. The zero-order valence-electron chi connectivity index (χ0n) is 15.2. The van der Waals surface area contributed by atoms with Gasteiger partial charge in [-0.1, -0.05) is 23.4 Å². The smallest absolute Gasteiger partial charge is 0.331 e. The van der Waals surface area contributed by atoms with Gasteiger partial charge in [-0.15, -0.1) is 0 Å². The minimum absolute atomic E-state index is 0.0397. The van der Waals surface area contributed by atoms with Crippen LogP contribution in [0.5, 0.6) is 5.88 Å². The van der Waals surface area contributed by atoms with Gasteiger partial charge in [-0.05, 0) is 18.6 Å². The summed E-state index contributed by atoms with van der Waals surface area (Å²) in [7, 11) is 1.54. The third-order valence-electron chi connectivity index (χ3n) is 3.88. The summed E-state index contributed by atoms with van der Waals surface area (Å²) in [5.74, 6) is 0.226. The van der Waals surface area contributed by atoms with Crippen LogP contribution < -0.4 is 11.2 Å². The number of hydrogen-bond donors (Lipinski definition) is 2. The molecule has 1 aromatic carbocycles. The van der Waals surface area contributed by atoms with E-state index in [9.17, 15) is 14.7 Å². The monoisotopic (exact) mass is 385 g/mol. The summed E-state index contributed by atoms with van der Waals surface area (Å²) in [6.45, 7) is 0.648. The number of aromatic amines is 1. The van der Waals surface area contributed by atoms with Gasteiger partial charge >= 0.3 is 5.69 Å². The van der Waals surface area contributed by atoms with Crippen LogP contribution in [0.1, 0.15) is 17.8 Å². The molecule has 0 amide bonds. The Labute approximate surface area is 159 Å². The molecule has 2 aromatic heterocycles. The van der Waals surface area contributed by atoms with Gasteiger partial charge in [0.1, 0.15) is 12.1 Å². The molecule has 0 aliphatic carbocycles. The van der Waals surface area contributed by atoms with Crippen molar-refractivity contribution in [3.63, 3.8) is 0 Å². The minimum atomic E-state index is -0.729. The van der Waals surface area contributed by atoms with Crippen molar-refractivity contribution >= 4 is 6.21 Å². The van der Waals surface area contributed by atoms with E-state index in [0.717, 1.165) is 10.1 Å². The molecule has 0 aliphatic heterocycles. The van der Waals surface area contributed by atoms with Crippen LogP contribution in [0.3, 0.4) is 0 Å². The Kier molecular flexibility index (Phi) is 6.12. The zero-order valence-corrected chi connectivity index (χ0v) is 15.2. The van der Waals surface area contributed by atoms with Gasteiger partial charge in [-0.3, -0.25) is 19.3 Å². The fourth-order valence-electron chi connectivity index (χ4n) is 2.50. The lowest BCUT2D eigenvalue weighted by Crippen LogP contribution is -2.32. The van der Waals surface area contributed by atoms with Crippen LogP contribution in [0.4, 0.5) is 0 Å². The van der Waals surface area contributed by atoms with E-state index in [2.05, 4.69) is 20.1 Å². The van der Waals surface area contributed by atoms with E-state index >= 15 is 0 Å². The van der Waals surface area contributed by atoms with Crippen molar-refractivity contribution in [2.45, 2.75) is 19.5 Å². The molecule has 2 heterocycles. The number of aromatic hydroxyl groups is 1. The predicted octanol–water partition coefficient (Wildman–Crippen LogP) is 0.948. The molecule has 3 aromatic rings. The summed E-state index contributed by atoms with van der Waals surface area (Å²) >= 11 is 0. The largest absolute Gasteiger partial charge is 0.494 e. The van der Waals surface area contributed by atoms with Crippen LogP contribution in [0.15, 0.2) is 49.4 Å². The van der Waals surface area contributed by atoms with Gasteiger partial charge in [0.05, 0.1) is 0 Å². The molecule has 10 heteroatoms. The van der Waals surface area contributed by atoms with Crippen LogP contribution in [-0.2, 0) is 17.8 Å². The third-order valence-corrected chi connectivity index (χ3v) is 3.88. The lowest BCUT2D eigenvalue weighted by molar-refractivity contribution is 0.188. The molecule has 0 unspecified atom stereocenters. The first-order valence-electron chi connectivity index (χ1n) is 8.53. The third kappa shape index (κ3) is 4.41. The van der Waals surface area contributed by atoms with Gasteiger partial charge in [-0.2, -0.15) is 4.98 Å². The van der Waals surface area contributed by atoms with Crippen molar-refractivity contribution in [3.8, 4) is 17.3 Å². The van der Waals surface area contributed by atoms with E-state index in [1.807, 2.05) is 30.3 Å². The highest BCUT2D eigenvalue weighted by Crippen LogP contribution is 2.16. The molecule has 2 N–H and O–H groups in total. The molecule has 0 aliphatic rings. The highest BCUT2D eigenvalue weighted by atomic mass is 16.5. The van der Waals surface area contributed by atoms with E-state index in [0.29, 0.717) is 24.7 Å². The van der Waals surface area contributed by atoms with Gasteiger partial charge in [0, 0.05) is 32.0 Å². The Bertz CT molecular complexity index is 1070. The van der Waals surface area contributed by atoms with Crippen molar-refractivity contribution in [2.75, 3.05) is 13.7 Å². The van der Waals surface area contributed by atoms with Crippen molar-refractivity contribution in [3.05, 3.63) is 62.6 Å². The summed E-state index contributed by atoms with van der Waals surface area (Å²) in [4.78, 5) is 34.3. The number of ether oxygens (including phenoxy) is 1. The first kappa shape index (κ1) is 19.2. The minimum Gasteiger partial charge on any atom is -0.494 e. The number of nitrogens with one attached hydrogen (secondary N) is 1. The average Bonchev–Trinajstić information content (AvgIpc) is 3.16. The van der Waals surface area contributed by atoms with Crippen LogP contribution >= 0.6 is 0 Å². The predicted molar refractivity (Wildman–Crippen MR) is 101 cm³/mol. The highest BCUT2D eigenvalue weighted by Gasteiger charge is 2.13. The Morgan fingerprint density at radius 2 is 2.11 bits per heavy atom. The quantitative estimate of drug-likeness (QED) is 0.435. The molecule has 0 fully saturated rings. The first-order chi connectivity index (χ1) is 13.6. The van der Waals surface area contributed by atoms with E-state index in [4.69, 9.17) is 9.26 Å². The molecule has 146 valence electrons. The molecule has 0 spiro atoms. The van der Waals surface area contributed by atoms with Crippen LogP contribution in [0.25, 0.3) is 11.5 Å². The Hall–Kier alpha value is -3.53. The number of aromatic nitrogens is 4. The molecule has 0 saturated heterocycles. The van der Waals surface area contributed by atoms with Gasteiger partial charge in [0.25, 0.3) is 11.4 Å². The van der Waals surface area contributed by atoms with Gasteiger partial charge < -0.3 is 14.4 Å². The highest BCUT2D eigenvalue weighted by molar-refractivity contribution is 5.81. The Morgan fingerprint density at radius 1 is 1.32 bits per heavy atom. The number of aliphatic imine (C=N–C) groups is 1. The van der Waals surface area contributed by atoms with Crippen LogP contribution in [0.2, 0.25) is 0 Å². The van der Waals surface area contributed by atoms with Crippen molar-refractivity contribution < 1.29 is 14.4 Å². The first-order valence-corrected chi connectivity index (χ1v) is 8.53. The second-order valence-electron chi connectivity index (χ2n) is 5.85.